The van der Waals surface area contributed by atoms with Gasteiger partial charge in [0.1, 0.15) is 11.7 Å². The second kappa shape index (κ2) is 10.2. The van der Waals surface area contributed by atoms with E-state index in [0.29, 0.717) is 23.9 Å². The highest BCUT2D eigenvalue weighted by Crippen LogP contribution is 2.28. The van der Waals surface area contributed by atoms with Crippen molar-refractivity contribution in [2.75, 3.05) is 46.5 Å². The highest BCUT2D eigenvalue weighted by Gasteiger charge is 2.34. The molecular formula is C21H32BrN3O4. The van der Waals surface area contributed by atoms with Crippen LogP contribution in [0.2, 0.25) is 0 Å². The quantitative estimate of drug-likeness (QED) is 0.689. The zero-order valence-corrected chi connectivity index (χ0v) is 19.1. The average molecular weight is 470 g/mol. The number of ether oxygens (including phenoxy) is 2. The molecule has 0 radical (unpaired) electrons. The van der Waals surface area contributed by atoms with Crippen molar-refractivity contribution < 1.29 is 19.4 Å². The number of pyridine rings is 1. The van der Waals surface area contributed by atoms with Crippen molar-refractivity contribution in [2.45, 2.75) is 38.8 Å². The van der Waals surface area contributed by atoms with Crippen LogP contribution in [0.4, 0.5) is 0 Å². The third-order valence-electron chi connectivity index (χ3n) is 5.89. The zero-order valence-electron chi connectivity index (χ0n) is 17.5. The van der Waals surface area contributed by atoms with Crippen LogP contribution in [0.15, 0.2) is 16.7 Å². The summed E-state index contributed by atoms with van der Waals surface area (Å²) in [6.45, 7) is 7.87. The predicted molar refractivity (Wildman–Crippen MR) is 114 cm³/mol. The van der Waals surface area contributed by atoms with Gasteiger partial charge in [0.05, 0.1) is 12.6 Å². The number of amides is 1. The molecule has 2 aliphatic rings. The molecule has 1 amide bonds. The van der Waals surface area contributed by atoms with E-state index in [1.54, 1.807) is 17.2 Å². The van der Waals surface area contributed by atoms with Crippen LogP contribution in [0.1, 0.15) is 37.0 Å². The Labute approximate surface area is 181 Å². The van der Waals surface area contributed by atoms with Gasteiger partial charge in [0.25, 0.3) is 5.91 Å². The summed E-state index contributed by atoms with van der Waals surface area (Å²) in [5, 5.41) is 9.68. The second-order valence-electron chi connectivity index (χ2n) is 8.41. The standard InChI is InChI=1S/C21H32BrN3O4/c1-14-10-25(15(2)13-26)21(27)18-8-17(22)9-23-20(18)29-19(14)12-24(3)11-16-4-6-28-7-5-16/h8-9,14-16,19,26H,4-7,10-13H2,1-3H3/t14-,15-,19+/m0/s1. The molecule has 1 fully saturated rings. The van der Waals surface area contributed by atoms with E-state index in [-0.39, 0.29) is 30.6 Å². The molecule has 3 rings (SSSR count). The van der Waals surface area contributed by atoms with E-state index >= 15 is 0 Å². The molecule has 0 aliphatic carbocycles. The number of fused-ring (bicyclic) bond motifs is 1. The number of carbonyl (C=O) groups is 1. The van der Waals surface area contributed by atoms with E-state index in [2.05, 4.69) is 39.8 Å². The molecule has 1 N–H and O–H groups in total. The van der Waals surface area contributed by atoms with Crippen molar-refractivity contribution in [3.8, 4) is 5.88 Å². The van der Waals surface area contributed by atoms with E-state index in [0.717, 1.165) is 43.6 Å². The van der Waals surface area contributed by atoms with Crippen LogP contribution in [0, 0.1) is 11.8 Å². The molecule has 1 saturated heterocycles. The summed E-state index contributed by atoms with van der Waals surface area (Å²) in [5.41, 5.74) is 0.434. The van der Waals surface area contributed by atoms with Gasteiger partial charge in [-0.15, -0.1) is 0 Å². The van der Waals surface area contributed by atoms with E-state index in [1.165, 1.54) is 0 Å². The number of carbonyl (C=O) groups excluding carboxylic acids is 1. The molecule has 0 bridgehead atoms. The summed E-state index contributed by atoms with van der Waals surface area (Å²) in [7, 11) is 2.12. The van der Waals surface area contributed by atoms with E-state index in [9.17, 15) is 9.90 Å². The van der Waals surface area contributed by atoms with Crippen LogP contribution >= 0.6 is 15.9 Å². The van der Waals surface area contributed by atoms with Crippen molar-refractivity contribution in [3.63, 3.8) is 0 Å². The van der Waals surface area contributed by atoms with Crippen molar-refractivity contribution in [1.29, 1.82) is 0 Å². The summed E-state index contributed by atoms with van der Waals surface area (Å²) in [5.74, 6) is 0.954. The van der Waals surface area contributed by atoms with Crippen LogP contribution in [0.25, 0.3) is 0 Å². The maximum Gasteiger partial charge on any atom is 0.259 e. The average Bonchev–Trinajstić information content (AvgIpc) is 2.71. The molecular weight excluding hydrogens is 438 g/mol. The molecule has 0 unspecified atom stereocenters. The monoisotopic (exact) mass is 469 g/mol. The van der Waals surface area contributed by atoms with E-state index in [4.69, 9.17) is 9.47 Å². The molecule has 29 heavy (non-hydrogen) atoms. The van der Waals surface area contributed by atoms with Gasteiger partial charge in [-0.2, -0.15) is 0 Å². The van der Waals surface area contributed by atoms with E-state index in [1.807, 2.05) is 6.92 Å². The number of likely N-dealkylation sites (N-methyl/N-ethyl adjacent to an activating group) is 1. The van der Waals surface area contributed by atoms with Gasteiger partial charge in [-0.25, -0.2) is 4.98 Å². The normalized spacial score (nSPS) is 24.6. The first-order chi connectivity index (χ1) is 13.9. The van der Waals surface area contributed by atoms with Crippen LogP contribution in [0.5, 0.6) is 5.88 Å². The molecule has 2 aliphatic heterocycles. The number of rotatable bonds is 6. The summed E-state index contributed by atoms with van der Waals surface area (Å²) in [6, 6.07) is 1.48. The Morgan fingerprint density at radius 3 is 2.79 bits per heavy atom. The first-order valence-electron chi connectivity index (χ1n) is 10.4. The lowest BCUT2D eigenvalue weighted by molar-refractivity contribution is 0.0254. The van der Waals surface area contributed by atoms with Gasteiger partial charge in [-0.05, 0) is 54.7 Å². The lowest BCUT2D eigenvalue weighted by atomic mass is 9.98. The van der Waals surface area contributed by atoms with Gasteiger partial charge in [0, 0.05) is 49.4 Å². The Bertz CT molecular complexity index is 699. The smallest absolute Gasteiger partial charge is 0.259 e. The first kappa shape index (κ1) is 22.5. The molecule has 0 aromatic carbocycles. The molecule has 3 atom stereocenters. The highest BCUT2D eigenvalue weighted by atomic mass is 79.9. The Balaban J connectivity index is 1.80. The molecule has 8 heteroatoms. The third kappa shape index (κ3) is 5.69. The number of hydrogen-bond acceptors (Lipinski definition) is 6. The van der Waals surface area contributed by atoms with Crippen LogP contribution in [-0.4, -0.2) is 84.4 Å². The Hall–Kier alpha value is -1.22. The van der Waals surface area contributed by atoms with E-state index < -0.39 is 0 Å². The fourth-order valence-electron chi connectivity index (χ4n) is 4.05. The SMILES string of the molecule is C[C@H]1CN([C@@H](C)CO)C(=O)c2cc(Br)cnc2O[C@@H]1CN(C)CC1CCOCC1. The minimum atomic E-state index is -0.268. The highest BCUT2D eigenvalue weighted by molar-refractivity contribution is 9.10. The number of aliphatic hydroxyl groups is 1. The molecule has 1 aromatic rings. The van der Waals surface area contributed by atoms with Crippen LogP contribution < -0.4 is 4.74 Å². The maximum atomic E-state index is 13.1. The molecule has 1 aromatic heterocycles. The fourth-order valence-corrected chi connectivity index (χ4v) is 4.38. The van der Waals surface area contributed by atoms with Crippen LogP contribution in [0.3, 0.4) is 0 Å². The molecule has 3 heterocycles. The summed E-state index contributed by atoms with van der Waals surface area (Å²) in [4.78, 5) is 21.6. The van der Waals surface area contributed by atoms with Gasteiger partial charge in [-0.3, -0.25) is 4.79 Å². The largest absolute Gasteiger partial charge is 0.472 e. The van der Waals surface area contributed by atoms with Gasteiger partial charge in [-0.1, -0.05) is 6.92 Å². The number of aromatic nitrogens is 1. The zero-order chi connectivity index (χ0) is 21.0. The topological polar surface area (TPSA) is 75.1 Å². The van der Waals surface area contributed by atoms with Crippen LogP contribution in [-0.2, 0) is 4.74 Å². The van der Waals surface area contributed by atoms with Gasteiger partial charge < -0.3 is 24.4 Å². The van der Waals surface area contributed by atoms with Gasteiger partial charge >= 0.3 is 0 Å². The van der Waals surface area contributed by atoms with Gasteiger partial charge in [0.15, 0.2) is 0 Å². The minimum absolute atomic E-state index is 0.0790. The Morgan fingerprint density at radius 2 is 2.10 bits per heavy atom. The van der Waals surface area contributed by atoms with Crippen molar-refractivity contribution >= 4 is 21.8 Å². The number of halogens is 1. The molecule has 0 saturated carbocycles. The first-order valence-corrected chi connectivity index (χ1v) is 11.2. The number of hydrogen-bond donors (Lipinski definition) is 1. The summed E-state index contributed by atoms with van der Waals surface area (Å²) in [6.07, 6.45) is 3.75. The Morgan fingerprint density at radius 1 is 1.38 bits per heavy atom. The molecule has 0 spiro atoms. The van der Waals surface area contributed by atoms with Crippen molar-refractivity contribution in [3.05, 3.63) is 22.3 Å². The summed E-state index contributed by atoms with van der Waals surface area (Å²) < 4.78 is 12.5. The van der Waals surface area contributed by atoms with Gasteiger partial charge in [0.2, 0.25) is 5.88 Å². The Kier molecular flexibility index (Phi) is 7.90. The number of nitrogens with zero attached hydrogens (tertiary/aromatic N) is 3. The third-order valence-corrected chi connectivity index (χ3v) is 6.32. The lowest BCUT2D eigenvalue weighted by Crippen LogP contribution is -2.50. The number of aliphatic hydroxyl groups excluding tert-OH is 1. The van der Waals surface area contributed by atoms with Crippen molar-refractivity contribution in [2.24, 2.45) is 11.8 Å². The molecule has 7 nitrogen and oxygen atoms in total. The predicted octanol–water partition coefficient (Wildman–Crippen LogP) is 2.42. The minimum Gasteiger partial charge on any atom is -0.472 e. The summed E-state index contributed by atoms with van der Waals surface area (Å²) >= 11 is 3.40. The van der Waals surface area contributed by atoms with Crippen molar-refractivity contribution in [1.82, 2.24) is 14.8 Å². The lowest BCUT2D eigenvalue weighted by Gasteiger charge is -2.38. The fraction of sp³-hybridized carbons (Fsp3) is 0.714. The maximum absolute atomic E-state index is 13.1. The second-order valence-corrected chi connectivity index (χ2v) is 9.32. The molecule has 162 valence electrons.